The van der Waals surface area contributed by atoms with E-state index in [-0.39, 0.29) is 5.38 Å². The summed E-state index contributed by atoms with van der Waals surface area (Å²) in [6.07, 6.45) is 5.20. The van der Waals surface area contributed by atoms with Gasteiger partial charge in [0.05, 0.1) is 16.5 Å². The van der Waals surface area contributed by atoms with Gasteiger partial charge >= 0.3 is 0 Å². The first-order valence-electron chi connectivity index (χ1n) is 7.28. The second kappa shape index (κ2) is 5.65. The molecule has 0 spiro atoms. The van der Waals surface area contributed by atoms with Gasteiger partial charge in [0.2, 0.25) is 0 Å². The van der Waals surface area contributed by atoms with Gasteiger partial charge < -0.3 is 4.74 Å². The average molecular weight is 344 g/mol. The molecule has 1 nitrogen and oxygen atoms in total. The molecule has 2 aliphatic carbocycles. The van der Waals surface area contributed by atoms with Gasteiger partial charge in [-0.25, -0.2) is 0 Å². The van der Waals surface area contributed by atoms with Gasteiger partial charge in [0.25, 0.3) is 0 Å². The molecule has 0 aromatic heterocycles. The van der Waals surface area contributed by atoms with E-state index in [4.69, 9.17) is 16.3 Å². The lowest BCUT2D eigenvalue weighted by molar-refractivity contribution is 0.315. The predicted molar refractivity (Wildman–Crippen MR) is 82.8 cm³/mol. The minimum Gasteiger partial charge on any atom is -0.492 e. The van der Waals surface area contributed by atoms with E-state index in [9.17, 15) is 0 Å². The van der Waals surface area contributed by atoms with Crippen molar-refractivity contribution in [1.29, 1.82) is 0 Å². The molecule has 19 heavy (non-hydrogen) atoms. The molecule has 0 amide bonds. The van der Waals surface area contributed by atoms with E-state index >= 15 is 0 Å². The summed E-state index contributed by atoms with van der Waals surface area (Å²) in [5.74, 6) is 3.43. The molecule has 0 saturated heterocycles. The third-order valence-electron chi connectivity index (χ3n) is 4.55. The zero-order valence-electron chi connectivity index (χ0n) is 11.2. The van der Waals surface area contributed by atoms with Crippen LogP contribution in [0.5, 0.6) is 5.75 Å². The molecule has 0 N–H and O–H groups in total. The second-order valence-electron chi connectivity index (χ2n) is 5.78. The van der Waals surface area contributed by atoms with Crippen LogP contribution < -0.4 is 4.74 Å². The van der Waals surface area contributed by atoms with Gasteiger partial charge in [-0.3, -0.25) is 0 Å². The molecule has 2 aliphatic rings. The van der Waals surface area contributed by atoms with Gasteiger partial charge in [-0.15, -0.1) is 11.6 Å². The minimum atomic E-state index is 0.173. The van der Waals surface area contributed by atoms with E-state index in [0.29, 0.717) is 5.92 Å². The smallest absolute Gasteiger partial charge is 0.133 e. The highest BCUT2D eigenvalue weighted by Crippen LogP contribution is 2.64. The number of ether oxygens (including phenoxy) is 1. The van der Waals surface area contributed by atoms with Crippen molar-refractivity contribution in [3.8, 4) is 5.75 Å². The molecule has 3 atom stereocenters. The van der Waals surface area contributed by atoms with Crippen LogP contribution >= 0.6 is 27.5 Å². The van der Waals surface area contributed by atoms with Crippen molar-refractivity contribution in [2.24, 2.45) is 17.8 Å². The zero-order chi connectivity index (χ0) is 13.4. The summed E-state index contributed by atoms with van der Waals surface area (Å²) in [4.78, 5) is 0. The van der Waals surface area contributed by atoms with Gasteiger partial charge in [0, 0.05) is 0 Å². The Morgan fingerprint density at radius 1 is 1.37 bits per heavy atom. The molecule has 3 heteroatoms. The molecule has 1 aromatic carbocycles. The topological polar surface area (TPSA) is 9.23 Å². The molecular formula is C16H20BrClO. The average Bonchev–Trinajstić information content (AvgIpc) is 2.89. The van der Waals surface area contributed by atoms with Crippen LogP contribution in [0.3, 0.4) is 0 Å². The summed E-state index contributed by atoms with van der Waals surface area (Å²) in [5, 5.41) is 0.173. The van der Waals surface area contributed by atoms with Gasteiger partial charge in [-0.2, -0.15) is 0 Å². The lowest BCUT2D eigenvalue weighted by Gasteiger charge is -2.14. The van der Waals surface area contributed by atoms with Gasteiger partial charge in [-0.1, -0.05) is 19.4 Å². The molecule has 3 rings (SSSR count). The lowest BCUT2D eigenvalue weighted by atomic mass is 10.0. The SMILES string of the molecule is CCCOc1ccc(C(Cl)C2C3CCCC32)cc1Br. The van der Waals surface area contributed by atoms with Crippen LogP contribution in [0.4, 0.5) is 0 Å². The van der Waals surface area contributed by atoms with Crippen LogP contribution in [0.15, 0.2) is 22.7 Å². The van der Waals surface area contributed by atoms with Crippen LogP contribution in [-0.2, 0) is 0 Å². The highest BCUT2D eigenvalue weighted by Gasteiger charge is 2.55. The third-order valence-corrected chi connectivity index (χ3v) is 5.71. The maximum Gasteiger partial charge on any atom is 0.133 e. The predicted octanol–water partition coefficient (Wildman–Crippen LogP) is 5.56. The van der Waals surface area contributed by atoms with Crippen LogP contribution in [-0.4, -0.2) is 6.61 Å². The van der Waals surface area contributed by atoms with Crippen molar-refractivity contribution in [1.82, 2.24) is 0 Å². The Hall–Kier alpha value is -0.210. The van der Waals surface area contributed by atoms with Gasteiger partial charge in [0.1, 0.15) is 5.75 Å². The number of halogens is 2. The minimum absolute atomic E-state index is 0.173. The largest absolute Gasteiger partial charge is 0.492 e. The van der Waals surface area contributed by atoms with Gasteiger partial charge in [0.15, 0.2) is 0 Å². The Morgan fingerprint density at radius 2 is 2.11 bits per heavy atom. The Bertz CT molecular complexity index is 452. The molecule has 1 aromatic rings. The maximum absolute atomic E-state index is 6.67. The number of alkyl halides is 1. The molecule has 0 aliphatic heterocycles. The van der Waals surface area contributed by atoms with Gasteiger partial charge in [-0.05, 0) is 70.6 Å². The Morgan fingerprint density at radius 3 is 2.74 bits per heavy atom. The zero-order valence-corrected chi connectivity index (χ0v) is 13.6. The first-order chi connectivity index (χ1) is 9.22. The van der Waals surface area contributed by atoms with Crippen LogP contribution in [0, 0.1) is 17.8 Å². The first kappa shape index (κ1) is 13.8. The normalized spacial score (nSPS) is 29.9. The molecule has 0 radical (unpaired) electrons. The summed E-state index contributed by atoms with van der Waals surface area (Å²) in [7, 11) is 0. The summed E-state index contributed by atoms with van der Waals surface area (Å²) in [6, 6.07) is 6.31. The van der Waals surface area contributed by atoms with Crippen molar-refractivity contribution in [2.45, 2.75) is 38.0 Å². The second-order valence-corrected chi connectivity index (χ2v) is 7.10. The molecular weight excluding hydrogens is 324 g/mol. The van der Waals surface area contributed by atoms with Crippen LogP contribution in [0.1, 0.15) is 43.5 Å². The summed E-state index contributed by atoms with van der Waals surface area (Å²) in [5.41, 5.74) is 1.23. The highest BCUT2D eigenvalue weighted by molar-refractivity contribution is 9.10. The quantitative estimate of drug-likeness (QED) is 0.636. The standard InChI is InChI=1S/C16H20BrClO/c1-2-8-19-14-7-6-10(9-13(14)17)16(18)15-11-4-3-5-12(11)15/h6-7,9,11-12,15-16H,2-5,8H2,1H3. The van der Waals surface area contributed by atoms with Crippen LogP contribution in [0.2, 0.25) is 0 Å². The number of fused-ring (bicyclic) bond motifs is 1. The number of rotatable bonds is 5. The summed E-state index contributed by atoms with van der Waals surface area (Å²) in [6.45, 7) is 2.87. The monoisotopic (exact) mass is 342 g/mol. The Kier molecular flexibility index (Phi) is 4.09. The van der Waals surface area contributed by atoms with Crippen LogP contribution in [0.25, 0.3) is 0 Å². The van der Waals surface area contributed by atoms with Crippen molar-refractivity contribution in [2.75, 3.05) is 6.61 Å². The molecule has 2 saturated carbocycles. The maximum atomic E-state index is 6.67. The van der Waals surface area contributed by atoms with Crippen molar-refractivity contribution in [3.63, 3.8) is 0 Å². The fourth-order valence-electron chi connectivity index (χ4n) is 3.55. The first-order valence-corrected chi connectivity index (χ1v) is 8.51. The Balaban J connectivity index is 1.69. The lowest BCUT2D eigenvalue weighted by Crippen LogP contribution is -2.00. The molecule has 2 fully saturated rings. The third kappa shape index (κ3) is 2.67. The van der Waals surface area contributed by atoms with E-state index in [1.54, 1.807) is 0 Å². The molecule has 3 unspecified atom stereocenters. The highest BCUT2D eigenvalue weighted by atomic mass is 79.9. The van der Waals surface area contributed by atoms with Crippen molar-refractivity contribution >= 4 is 27.5 Å². The van der Waals surface area contributed by atoms with E-state index in [1.165, 1.54) is 24.8 Å². The van der Waals surface area contributed by atoms with Crippen molar-refractivity contribution in [3.05, 3.63) is 28.2 Å². The number of hydrogen-bond acceptors (Lipinski definition) is 1. The number of hydrogen-bond donors (Lipinski definition) is 0. The van der Waals surface area contributed by atoms with E-state index in [0.717, 1.165) is 35.1 Å². The Labute approximate surface area is 128 Å². The fourth-order valence-corrected chi connectivity index (χ4v) is 4.57. The van der Waals surface area contributed by atoms with Crippen molar-refractivity contribution < 1.29 is 4.74 Å². The summed E-state index contributed by atoms with van der Waals surface area (Å²) >= 11 is 10.3. The molecule has 0 bridgehead atoms. The van der Waals surface area contributed by atoms with E-state index < -0.39 is 0 Å². The molecule has 104 valence electrons. The number of benzene rings is 1. The van der Waals surface area contributed by atoms with E-state index in [2.05, 4.69) is 35.0 Å². The van der Waals surface area contributed by atoms with E-state index in [1.807, 2.05) is 6.07 Å². The molecule has 0 heterocycles. The summed E-state index contributed by atoms with van der Waals surface area (Å²) < 4.78 is 6.70. The fraction of sp³-hybridized carbons (Fsp3) is 0.625.